The summed E-state index contributed by atoms with van der Waals surface area (Å²) in [7, 11) is -1.95. The Labute approximate surface area is 121 Å². The van der Waals surface area contributed by atoms with Gasteiger partial charge in [-0.25, -0.2) is 13.1 Å². The zero-order valence-corrected chi connectivity index (χ0v) is 12.8. The molecule has 0 heterocycles. The molecule has 2 atom stereocenters. The summed E-state index contributed by atoms with van der Waals surface area (Å²) in [6, 6.07) is 7.59. The Kier molecular flexibility index (Phi) is 4.96. The van der Waals surface area contributed by atoms with Gasteiger partial charge in [0.1, 0.15) is 0 Å². The Morgan fingerprint density at radius 3 is 2.80 bits per heavy atom. The van der Waals surface area contributed by atoms with Gasteiger partial charge in [-0.05, 0) is 50.9 Å². The third kappa shape index (κ3) is 3.69. The van der Waals surface area contributed by atoms with Gasteiger partial charge in [-0.1, -0.05) is 24.3 Å². The number of rotatable bonds is 5. The van der Waals surface area contributed by atoms with Crippen molar-refractivity contribution < 1.29 is 8.42 Å². The lowest BCUT2D eigenvalue weighted by Gasteiger charge is -2.23. The first-order valence-electron chi connectivity index (χ1n) is 6.99. The monoisotopic (exact) mass is 294 g/mol. The number of nitrogens with one attached hydrogen (secondary N) is 2. The summed E-state index contributed by atoms with van der Waals surface area (Å²) in [6.45, 7) is 2.06. The van der Waals surface area contributed by atoms with Crippen LogP contribution in [0.25, 0.3) is 0 Å². The molecule has 0 aromatic heterocycles. The van der Waals surface area contributed by atoms with Gasteiger partial charge in [-0.3, -0.25) is 0 Å². The van der Waals surface area contributed by atoms with Crippen LogP contribution >= 0.6 is 0 Å². The molecule has 1 aromatic rings. The lowest BCUT2D eigenvalue weighted by molar-refractivity contribution is 0.467. The standard InChI is InChI=1S/C15H22N2O2S/c1-12(17-14-8-4-3-5-9-14)13-7-6-10-15(11-13)20(18,19)16-2/h4,6-8,10-12,14,16-17H,3,5,9H2,1-2H3/t12-,14+/m0/s1. The van der Waals surface area contributed by atoms with Gasteiger partial charge >= 0.3 is 0 Å². The topological polar surface area (TPSA) is 58.2 Å². The summed E-state index contributed by atoms with van der Waals surface area (Å²) >= 11 is 0. The van der Waals surface area contributed by atoms with Crippen molar-refractivity contribution in [2.45, 2.75) is 43.2 Å². The van der Waals surface area contributed by atoms with Crippen molar-refractivity contribution in [3.05, 3.63) is 42.0 Å². The van der Waals surface area contributed by atoms with Crippen molar-refractivity contribution in [3.63, 3.8) is 0 Å². The van der Waals surface area contributed by atoms with E-state index in [2.05, 4.69) is 29.1 Å². The highest BCUT2D eigenvalue weighted by Crippen LogP contribution is 2.20. The molecule has 20 heavy (non-hydrogen) atoms. The van der Waals surface area contributed by atoms with Gasteiger partial charge in [0.25, 0.3) is 0 Å². The van der Waals surface area contributed by atoms with Crippen LogP contribution in [0.5, 0.6) is 0 Å². The van der Waals surface area contributed by atoms with Crippen molar-refractivity contribution in [2.24, 2.45) is 0 Å². The molecule has 110 valence electrons. The molecule has 4 nitrogen and oxygen atoms in total. The minimum Gasteiger partial charge on any atom is -0.304 e. The molecular formula is C15H22N2O2S. The van der Waals surface area contributed by atoms with Crippen LogP contribution in [0.4, 0.5) is 0 Å². The van der Waals surface area contributed by atoms with Crippen LogP contribution < -0.4 is 10.0 Å². The summed E-state index contributed by atoms with van der Waals surface area (Å²) in [6.07, 6.45) is 7.90. The van der Waals surface area contributed by atoms with E-state index in [0.717, 1.165) is 18.4 Å². The molecular weight excluding hydrogens is 272 g/mol. The van der Waals surface area contributed by atoms with Gasteiger partial charge in [0.15, 0.2) is 0 Å². The number of hydrogen-bond acceptors (Lipinski definition) is 3. The molecule has 0 bridgehead atoms. The van der Waals surface area contributed by atoms with Crippen LogP contribution in [0.3, 0.4) is 0 Å². The van der Waals surface area contributed by atoms with E-state index >= 15 is 0 Å². The Balaban J connectivity index is 2.14. The number of hydrogen-bond donors (Lipinski definition) is 2. The minimum absolute atomic E-state index is 0.120. The van der Waals surface area contributed by atoms with Gasteiger partial charge in [-0.2, -0.15) is 0 Å². The molecule has 2 N–H and O–H groups in total. The molecule has 0 saturated carbocycles. The van der Waals surface area contributed by atoms with Crippen LogP contribution in [-0.2, 0) is 10.0 Å². The molecule has 0 aliphatic heterocycles. The largest absolute Gasteiger partial charge is 0.304 e. The van der Waals surface area contributed by atoms with E-state index < -0.39 is 10.0 Å². The lowest BCUT2D eigenvalue weighted by Crippen LogP contribution is -2.31. The molecule has 0 saturated heterocycles. The zero-order valence-electron chi connectivity index (χ0n) is 12.0. The molecule has 5 heteroatoms. The predicted octanol–water partition coefficient (Wildman–Crippen LogP) is 2.35. The van der Waals surface area contributed by atoms with Crippen molar-refractivity contribution in [2.75, 3.05) is 7.05 Å². The van der Waals surface area contributed by atoms with Crippen LogP contribution in [-0.4, -0.2) is 21.5 Å². The summed E-state index contributed by atoms with van der Waals surface area (Å²) in [5.41, 5.74) is 0.986. The highest BCUT2D eigenvalue weighted by Gasteiger charge is 2.16. The molecule has 1 aromatic carbocycles. The van der Waals surface area contributed by atoms with E-state index in [1.165, 1.54) is 13.5 Å². The third-order valence-electron chi connectivity index (χ3n) is 3.66. The van der Waals surface area contributed by atoms with Gasteiger partial charge in [0.2, 0.25) is 10.0 Å². The van der Waals surface area contributed by atoms with E-state index in [0.29, 0.717) is 10.9 Å². The quantitative estimate of drug-likeness (QED) is 0.820. The number of allylic oxidation sites excluding steroid dienone is 1. The first-order valence-corrected chi connectivity index (χ1v) is 8.47. The Bertz CT molecular complexity index is 581. The summed E-state index contributed by atoms with van der Waals surface area (Å²) in [4.78, 5) is 0.310. The maximum Gasteiger partial charge on any atom is 0.240 e. The first-order chi connectivity index (χ1) is 9.53. The Morgan fingerprint density at radius 2 is 2.15 bits per heavy atom. The van der Waals surface area contributed by atoms with Crippen molar-refractivity contribution in [1.29, 1.82) is 0 Å². The fourth-order valence-electron chi connectivity index (χ4n) is 2.44. The maximum atomic E-state index is 11.8. The molecule has 0 radical (unpaired) electrons. The predicted molar refractivity (Wildman–Crippen MR) is 81.0 cm³/mol. The molecule has 0 unspecified atom stereocenters. The van der Waals surface area contributed by atoms with Gasteiger partial charge < -0.3 is 5.32 Å². The van der Waals surface area contributed by atoms with Crippen molar-refractivity contribution in [1.82, 2.24) is 10.0 Å². The smallest absolute Gasteiger partial charge is 0.240 e. The number of sulfonamides is 1. The van der Waals surface area contributed by atoms with Gasteiger partial charge in [0, 0.05) is 12.1 Å². The maximum absolute atomic E-state index is 11.8. The molecule has 1 aliphatic carbocycles. The second-order valence-corrected chi connectivity index (χ2v) is 7.02. The first kappa shape index (κ1) is 15.2. The highest BCUT2D eigenvalue weighted by atomic mass is 32.2. The molecule has 0 spiro atoms. The van der Waals surface area contributed by atoms with Crippen LogP contribution in [0.15, 0.2) is 41.3 Å². The fourth-order valence-corrected chi connectivity index (χ4v) is 3.22. The Hall–Kier alpha value is -1.17. The van der Waals surface area contributed by atoms with Gasteiger partial charge in [0.05, 0.1) is 4.90 Å². The average molecular weight is 294 g/mol. The van der Waals surface area contributed by atoms with Crippen LogP contribution in [0.1, 0.15) is 37.8 Å². The lowest BCUT2D eigenvalue weighted by atomic mass is 10.0. The van der Waals surface area contributed by atoms with E-state index in [1.54, 1.807) is 18.2 Å². The normalized spacial score (nSPS) is 20.8. The Morgan fingerprint density at radius 1 is 1.35 bits per heavy atom. The van der Waals surface area contributed by atoms with E-state index in [1.807, 2.05) is 6.07 Å². The van der Waals surface area contributed by atoms with Crippen molar-refractivity contribution >= 4 is 10.0 Å². The van der Waals surface area contributed by atoms with E-state index in [4.69, 9.17) is 0 Å². The molecule has 2 rings (SSSR count). The highest BCUT2D eigenvalue weighted by molar-refractivity contribution is 7.89. The van der Waals surface area contributed by atoms with Crippen LogP contribution in [0, 0.1) is 0 Å². The van der Waals surface area contributed by atoms with Crippen molar-refractivity contribution in [3.8, 4) is 0 Å². The average Bonchev–Trinajstić information content (AvgIpc) is 2.48. The number of benzene rings is 1. The summed E-state index contributed by atoms with van der Waals surface area (Å²) < 4.78 is 26.0. The van der Waals surface area contributed by atoms with E-state index in [9.17, 15) is 8.42 Å². The zero-order chi connectivity index (χ0) is 14.6. The van der Waals surface area contributed by atoms with Gasteiger partial charge in [-0.15, -0.1) is 0 Å². The molecule has 0 amide bonds. The molecule has 0 fully saturated rings. The minimum atomic E-state index is -3.38. The third-order valence-corrected chi connectivity index (χ3v) is 5.07. The fraction of sp³-hybridized carbons (Fsp3) is 0.467. The molecule has 1 aliphatic rings. The second-order valence-electron chi connectivity index (χ2n) is 5.13. The van der Waals surface area contributed by atoms with E-state index in [-0.39, 0.29) is 6.04 Å². The second kappa shape index (κ2) is 6.52. The SMILES string of the molecule is CNS(=O)(=O)c1cccc([C@H](C)N[C@@H]2C=CCCC2)c1. The summed E-state index contributed by atoms with van der Waals surface area (Å²) in [5.74, 6) is 0. The van der Waals surface area contributed by atoms with Crippen LogP contribution in [0.2, 0.25) is 0 Å². The summed E-state index contributed by atoms with van der Waals surface area (Å²) in [5, 5.41) is 3.53.